The predicted molar refractivity (Wildman–Crippen MR) is 92.0 cm³/mol. The van der Waals surface area contributed by atoms with Crippen LogP contribution in [-0.2, 0) is 0 Å². The number of benzene rings is 3. The van der Waals surface area contributed by atoms with Gasteiger partial charge in [0.25, 0.3) is 0 Å². The van der Waals surface area contributed by atoms with E-state index in [-0.39, 0.29) is 17.2 Å². The van der Waals surface area contributed by atoms with Crippen LogP contribution in [0.15, 0.2) is 46.9 Å². The SMILES string of the molecule is COc1cc(Cl)cc(-c2c(O)ccc3cc(Br)ccc23)c1O. The Kier molecular flexibility index (Phi) is 3.89. The van der Waals surface area contributed by atoms with Crippen LogP contribution < -0.4 is 4.74 Å². The highest BCUT2D eigenvalue weighted by molar-refractivity contribution is 9.10. The zero-order valence-corrected chi connectivity index (χ0v) is 13.9. The van der Waals surface area contributed by atoms with Crippen LogP contribution in [0.1, 0.15) is 0 Å². The zero-order valence-electron chi connectivity index (χ0n) is 11.6. The van der Waals surface area contributed by atoms with Crippen LogP contribution in [0.4, 0.5) is 0 Å². The molecule has 0 atom stereocenters. The molecule has 0 aliphatic rings. The Balaban J connectivity index is 2.40. The van der Waals surface area contributed by atoms with Crippen molar-refractivity contribution in [3.8, 4) is 28.4 Å². The van der Waals surface area contributed by atoms with Crippen molar-refractivity contribution in [1.82, 2.24) is 0 Å². The zero-order chi connectivity index (χ0) is 15.9. The van der Waals surface area contributed by atoms with Crippen LogP contribution in [0.2, 0.25) is 5.02 Å². The minimum atomic E-state index is -0.0578. The predicted octanol–water partition coefficient (Wildman–Crippen LogP) is 5.34. The highest BCUT2D eigenvalue weighted by atomic mass is 79.9. The summed E-state index contributed by atoms with van der Waals surface area (Å²) in [5, 5.41) is 22.9. The molecule has 0 aliphatic heterocycles. The maximum absolute atomic E-state index is 10.4. The number of hydrogen-bond acceptors (Lipinski definition) is 3. The van der Waals surface area contributed by atoms with E-state index in [0.717, 1.165) is 15.2 Å². The van der Waals surface area contributed by atoms with E-state index in [1.165, 1.54) is 13.2 Å². The molecular formula is C17H12BrClO3. The number of fused-ring (bicyclic) bond motifs is 1. The maximum atomic E-state index is 10.4. The standard InChI is InChI=1S/C17H12BrClO3/c1-22-15-8-11(19)7-13(17(15)21)16-12-4-3-10(18)6-9(12)2-5-14(16)20/h2-8,20-21H,1H3. The van der Waals surface area contributed by atoms with Crippen LogP contribution in [0.5, 0.6) is 17.2 Å². The molecule has 0 unspecified atom stereocenters. The summed E-state index contributed by atoms with van der Waals surface area (Å²) in [7, 11) is 1.45. The minimum Gasteiger partial charge on any atom is -0.507 e. The molecule has 0 spiro atoms. The van der Waals surface area contributed by atoms with Crippen molar-refractivity contribution in [2.24, 2.45) is 0 Å². The smallest absolute Gasteiger partial charge is 0.165 e. The second-order valence-corrected chi connectivity index (χ2v) is 6.18. The molecule has 22 heavy (non-hydrogen) atoms. The van der Waals surface area contributed by atoms with E-state index in [1.54, 1.807) is 12.1 Å². The van der Waals surface area contributed by atoms with E-state index >= 15 is 0 Å². The number of phenolic OH excluding ortho intramolecular Hbond substituents is 2. The molecule has 0 saturated carbocycles. The van der Waals surface area contributed by atoms with Crippen molar-refractivity contribution in [2.75, 3.05) is 7.11 Å². The van der Waals surface area contributed by atoms with Crippen molar-refractivity contribution < 1.29 is 14.9 Å². The fourth-order valence-corrected chi connectivity index (χ4v) is 3.08. The van der Waals surface area contributed by atoms with Gasteiger partial charge < -0.3 is 14.9 Å². The van der Waals surface area contributed by atoms with E-state index < -0.39 is 0 Å². The van der Waals surface area contributed by atoms with Gasteiger partial charge in [0, 0.05) is 26.7 Å². The number of halogens is 2. The van der Waals surface area contributed by atoms with Gasteiger partial charge >= 0.3 is 0 Å². The molecule has 0 aliphatic carbocycles. The van der Waals surface area contributed by atoms with Crippen molar-refractivity contribution in [3.05, 3.63) is 52.0 Å². The van der Waals surface area contributed by atoms with Crippen LogP contribution >= 0.6 is 27.5 Å². The highest BCUT2D eigenvalue weighted by Gasteiger charge is 2.17. The molecule has 0 fully saturated rings. The third kappa shape index (κ3) is 2.49. The molecular weight excluding hydrogens is 368 g/mol. The lowest BCUT2D eigenvalue weighted by Gasteiger charge is -2.14. The van der Waals surface area contributed by atoms with Crippen LogP contribution in [0, 0.1) is 0 Å². The summed E-state index contributed by atoms with van der Waals surface area (Å²) >= 11 is 9.53. The van der Waals surface area contributed by atoms with Crippen molar-refractivity contribution >= 4 is 38.3 Å². The molecule has 0 bridgehead atoms. The summed E-state index contributed by atoms with van der Waals surface area (Å²) in [6, 6.07) is 12.2. The molecule has 3 aromatic rings. The average Bonchev–Trinajstić information content (AvgIpc) is 2.49. The molecule has 3 nitrogen and oxygen atoms in total. The van der Waals surface area contributed by atoms with Gasteiger partial charge in [-0.15, -0.1) is 0 Å². The summed E-state index contributed by atoms with van der Waals surface area (Å²) in [5.74, 6) is 0.267. The van der Waals surface area contributed by atoms with E-state index in [1.807, 2.05) is 24.3 Å². The minimum absolute atomic E-state index is 0.0578. The Morgan fingerprint density at radius 2 is 1.82 bits per heavy atom. The number of rotatable bonds is 2. The van der Waals surface area contributed by atoms with Crippen molar-refractivity contribution in [1.29, 1.82) is 0 Å². The number of methoxy groups -OCH3 is 1. The normalized spacial score (nSPS) is 10.9. The van der Waals surface area contributed by atoms with Gasteiger partial charge in [0.15, 0.2) is 11.5 Å². The lowest BCUT2D eigenvalue weighted by Crippen LogP contribution is -1.89. The second-order valence-electron chi connectivity index (χ2n) is 4.83. The summed E-state index contributed by atoms with van der Waals surface area (Å²) < 4.78 is 6.07. The van der Waals surface area contributed by atoms with Gasteiger partial charge in [-0.3, -0.25) is 0 Å². The first kappa shape index (κ1) is 15.0. The third-order valence-electron chi connectivity index (χ3n) is 3.49. The number of hydrogen-bond donors (Lipinski definition) is 2. The molecule has 5 heteroatoms. The van der Waals surface area contributed by atoms with Gasteiger partial charge in [0.05, 0.1) is 7.11 Å². The van der Waals surface area contributed by atoms with Crippen LogP contribution in [0.3, 0.4) is 0 Å². The van der Waals surface area contributed by atoms with Crippen LogP contribution in [-0.4, -0.2) is 17.3 Å². The summed E-state index contributed by atoms with van der Waals surface area (Å²) in [5.41, 5.74) is 0.943. The fourth-order valence-electron chi connectivity index (χ4n) is 2.49. The summed E-state index contributed by atoms with van der Waals surface area (Å²) in [6.07, 6.45) is 0. The van der Waals surface area contributed by atoms with E-state index in [9.17, 15) is 10.2 Å². The van der Waals surface area contributed by atoms with Gasteiger partial charge in [0.2, 0.25) is 0 Å². The number of phenols is 2. The molecule has 0 heterocycles. The average molecular weight is 380 g/mol. The molecule has 2 N–H and O–H groups in total. The first-order valence-electron chi connectivity index (χ1n) is 6.49. The Bertz CT molecular complexity index is 877. The molecule has 0 aromatic heterocycles. The van der Waals surface area contributed by atoms with E-state index in [2.05, 4.69) is 15.9 Å². The van der Waals surface area contributed by atoms with Gasteiger partial charge in [-0.2, -0.15) is 0 Å². The fraction of sp³-hybridized carbons (Fsp3) is 0.0588. The molecule has 3 rings (SSSR count). The quantitative estimate of drug-likeness (QED) is 0.631. The largest absolute Gasteiger partial charge is 0.507 e. The monoisotopic (exact) mass is 378 g/mol. The van der Waals surface area contributed by atoms with Gasteiger partial charge in [-0.1, -0.05) is 39.7 Å². The third-order valence-corrected chi connectivity index (χ3v) is 4.20. The summed E-state index contributed by atoms with van der Waals surface area (Å²) in [4.78, 5) is 0. The second kappa shape index (κ2) is 5.71. The number of ether oxygens (including phenoxy) is 1. The number of aromatic hydroxyl groups is 2. The lowest BCUT2D eigenvalue weighted by atomic mass is 9.96. The Labute approximate surface area is 140 Å². The van der Waals surface area contributed by atoms with Crippen LogP contribution in [0.25, 0.3) is 21.9 Å². The molecule has 0 radical (unpaired) electrons. The van der Waals surface area contributed by atoms with E-state index in [0.29, 0.717) is 16.1 Å². The molecule has 112 valence electrons. The van der Waals surface area contributed by atoms with Gasteiger partial charge in [-0.05, 0) is 35.0 Å². The maximum Gasteiger partial charge on any atom is 0.165 e. The van der Waals surface area contributed by atoms with Gasteiger partial charge in [0.1, 0.15) is 5.75 Å². The first-order valence-corrected chi connectivity index (χ1v) is 7.66. The Morgan fingerprint density at radius 3 is 2.55 bits per heavy atom. The lowest BCUT2D eigenvalue weighted by molar-refractivity contribution is 0.374. The van der Waals surface area contributed by atoms with E-state index in [4.69, 9.17) is 16.3 Å². The molecule has 0 saturated heterocycles. The first-order chi connectivity index (χ1) is 10.5. The van der Waals surface area contributed by atoms with Crippen molar-refractivity contribution in [2.45, 2.75) is 0 Å². The Morgan fingerprint density at radius 1 is 1.05 bits per heavy atom. The summed E-state index contributed by atoms with van der Waals surface area (Å²) in [6.45, 7) is 0. The van der Waals surface area contributed by atoms with Crippen molar-refractivity contribution in [3.63, 3.8) is 0 Å². The molecule has 0 amide bonds. The van der Waals surface area contributed by atoms with Gasteiger partial charge in [-0.25, -0.2) is 0 Å². The highest BCUT2D eigenvalue weighted by Crippen LogP contribution is 2.46. The topological polar surface area (TPSA) is 49.7 Å². The molecule has 3 aromatic carbocycles. The Hall–Kier alpha value is -1.91.